The number of anilines is 3. The van der Waals surface area contributed by atoms with E-state index in [0.29, 0.717) is 73.5 Å². The van der Waals surface area contributed by atoms with E-state index < -0.39 is 44.9 Å². The second kappa shape index (κ2) is 19.4. The van der Waals surface area contributed by atoms with Crippen LogP contribution < -0.4 is 20.3 Å². The van der Waals surface area contributed by atoms with Crippen LogP contribution in [0.25, 0.3) is 22.2 Å². The van der Waals surface area contributed by atoms with Gasteiger partial charge in [0.05, 0.1) is 11.3 Å². The Bertz CT molecular complexity index is 2680. The van der Waals surface area contributed by atoms with Gasteiger partial charge in [-0.15, -0.1) is 0 Å². The van der Waals surface area contributed by atoms with Crippen molar-refractivity contribution < 1.29 is 36.4 Å². The summed E-state index contributed by atoms with van der Waals surface area (Å²) in [7, 11) is -2.85. The molecule has 3 saturated heterocycles. The molecule has 65 heavy (non-hydrogen) atoms. The van der Waals surface area contributed by atoms with E-state index in [-0.39, 0.29) is 29.8 Å². The number of piperidine rings is 2. The summed E-state index contributed by atoms with van der Waals surface area (Å²) in [5.74, 6) is -2.60. The van der Waals surface area contributed by atoms with Crippen molar-refractivity contribution in [2.45, 2.75) is 57.4 Å². The fourth-order valence-corrected chi connectivity index (χ4v) is 9.56. The molecular weight excluding hydrogens is 859 g/mol. The zero-order chi connectivity index (χ0) is 45.8. The van der Waals surface area contributed by atoms with Crippen molar-refractivity contribution in [2.24, 2.45) is 0 Å². The van der Waals surface area contributed by atoms with Gasteiger partial charge in [-0.2, -0.15) is 12.7 Å². The van der Waals surface area contributed by atoms with Crippen molar-refractivity contribution in [1.29, 1.82) is 0 Å². The number of piperazine rings is 1. The van der Waals surface area contributed by atoms with Crippen molar-refractivity contribution in [1.82, 2.24) is 34.4 Å². The molecule has 3 aliphatic rings. The van der Waals surface area contributed by atoms with Crippen molar-refractivity contribution in [3.05, 3.63) is 102 Å². The number of likely N-dealkylation sites (tertiary alicyclic amines) is 1. The number of carbonyl (C=O) groups excluding carboxylic acids is 4. The smallest absolute Gasteiger partial charge is 0.301 e. The van der Waals surface area contributed by atoms with Gasteiger partial charge in [0.1, 0.15) is 23.3 Å². The summed E-state index contributed by atoms with van der Waals surface area (Å²) >= 11 is 0. The molecule has 4 N–H and O–H groups in total. The topological polar surface area (TPSA) is 193 Å². The summed E-state index contributed by atoms with van der Waals surface area (Å²) in [5.41, 5.74) is 2.27. The van der Waals surface area contributed by atoms with Gasteiger partial charge in [-0.25, -0.2) is 18.7 Å². The van der Waals surface area contributed by atoms with E-state index in [0.717, 1.165) is 66.8 Å². The summed E-state index contributed by atoms with van der Waals surface area (Å²) in [4.78, 5) is 68.9. The van der Waals surface area contributed by atoms with Gasteiger partial charge in [0, 0.05) is 99.0 Å². The largest absolute Gasteiger partial charge is 0.374 e. The molecular formula is C46H52F2N10O6S. The van der Waals surface area contributed by atoms with Crippen LogP contribution in [0.3, 0.4) is 0 Å². The molecule has 1 atom stereocenters. The minimum Gasteiger partial charge on any atom is -0.374 e. The second-order valence-electron chi connectivity index (χ2n) is 16.7. The van der Waals surface area contributed by atoms with Crippen LogP contribution in [0, 0.1) is 11.6 Å². The summed E-state index contributed by atoms with van der Waals surface area (Å²) in [6, 6.07) is 15.1. The maximum atomic E-state index is 15.6. The third kappa shape index (κ3) is 10.2. The number of rotatable bonds is 15. The lowest BCUT2D eigenvalue weighted by atomic mass is 9.89. The Morgan fingerprint density at radius 2 is 1.65 bits per heavy atom. The maximum Gasteiger partial charge on any atom is 0.301 e. The number of carbonyl (C=O) groups is 4. The third-order valence-electron chi connectivity index (χ3n) is 12.6. The van der Waals surface area contributed by atoms with Gasteiger partial charge < -0.3 is 25.0 Å². The lowest BCUT2D eigenvalue weighted by Crippen LogP contribution is -2.49. The number of nitrogens with one attached hydrogen (secondary N) is 4. The lowest BCUT2D eigenvalue weighted by molar-refractivity contribution is -0.134. The fourth-order valence-electron chi connectivity index (χ4n) is 8.62. The Kier molecular flexibility index (Phi) is 13.5. The highest BCUT2D eigenvalue weighted by molar-refractivity contribution is 7.90. The number of imide groups is 1. The number of pyridine rings is 2. The molecule has 0 saturated carbocycles. The van der Waals surface area contributed by atoms with E-state index in [1.807, 2.05) is 29.2 Å². The van der Waals surface area contributed by atoms with Gasteiger partial charge in [-0.1, -0.05) is 19.1 Å². The van der Waals surface area contributed by atoms with Crippen LogP contribution in [0.1, 0.15) is 72.9 Å². The van der Waals surface area contributed by atoms with Crippen molar-refractivity contribution in [2.75, 3.05) is 74.3 Å². The molecule has 3 fully saturated rings. The first-order valence-electron chi connectivity index (χ1n) is 21.9. The molecule has 5 aromatic rings. The summed E-state index contributed by atoms with van der Waals surface area (Å²) in [5, 5.41) is 5.94. The highest BCUT2D eigenvalue weighted by atomic mass is 32.2. The zero-order valence-corrected chi connectivity index (χ0v) is 37.1. The average molecular weight is 911 g/mol. The van der Waals surface area contributed by atoms with Crippen LogP contribution in [0.5, 0.6) is 0 Å². The molecule has 1 unspecified atom stereocenters. The minimum absolute atomic E-state index is 0.0430. The number of ketones is 1. The summed E-state index contributed by atoms with van der Waals surface area (Å²) in [6.45, 7) is 6.97. The number of amides is 3. The van der Waals surface area contributed by atoms with E-state index in [1.54, 1.807) is 25.4 Å². The molecule has 3 aliphatic heterocycles. The predicted octanol–water partition coefficient (Wildman–Crippen LogP) is 5.27. The van der Waals surface area contributed by atoms with Gasteiger partial charge in [-0.05, 0) is 99.3 Å². The molecule has 0 spiro atoms. The van der Waals surface area contributed by atoms with Crippen LogP contribution in [0.15, 0.2) is 73.2 Å². The van der Waals surface area contributed by atoms with Gasteiger partial charge in [0.2, 0.25) is 23.5 Å². The number of hydrogen-bond donors (Lipinski definition) is 4. The molecule has 0 radical (unpaired) electrons. The van der Waals surface area contributed by atoms with E-state index >= 15 is 8.78 Å². The Balaban J connectivity index is 0.796. The van der Waals surface area contributed by atoms with Crippen LogP contribution in [0.4, 0.5) is 26.0 Å². The average Bonchev–Trinajstić information content (AvgIpc) is 3.75. The number of aromatic amines is 1. The first-order chi connectivity index (χ1) is 31.3. The highest BCUT2D eigenvalue weighted by Gasteiger charge is 2.29. The standard InChI is InChI=1S/C46H52F2N10O6S/c1-3-55(2)65(63,64)54-37-12-11-36(47)42(43(37)48)44(61)35-28-51-45-34(35)25-32(27-50-45)31-8-14-39(49-26-31)57-21-23-58(24-22-57)41(60)5-4-18-56-19-16-30(17-20-56)29-6-9-33(10-7-29)52-38-13-15-40(59)53-46(38)62/h6-12,14,25-28,30,38,52,54H,3-5,13,15-24H2,1-2H3,(H,50,51)(H,53,59,62). The van der Waals surface area contributed by atoms with Gasteiger partial charge in [0.15, 0.2) is 5.82 Å². The molecule has 16 nitrogen and oxygen atoms in total. The zero-order valence-electron chi connectivity index (χ0n) is 36.3. The quantitative estimate of drug-likeness (QED) is 0.0791. The Hall–Kier alpha value is -6.31. The number of aromatic nitrogens is 3. The normalized spacial score (nSPS) is 17.7. The third-order valence-corrected chi connectivity index (χ3v) is 14.2. The maximum absolute atomic E-state index is 15.6. The van der Waals surface area contributed by atoms with Crippen molar-refractivity contribution in [3.8, 4) is 11.1 Å². The molecule has 6 heterocycles. The molecule has 0 bridgehead atoms. The Labute approximate surface area is 376 Å². The van der Waals surface area contributed by atoms with Crippen molar-refractivity contribution >= 4 is 61.9 Å². The fraction of sp³-hybridized carbons (Fsp3) is 0.391. The van der Waals surface area contributed by atoms with Crippen LogP contribution in [-0.4, -0.2) is 126 Å². The number of nitrogens with zero attached hydrogens (tertiary/aromatic N) is 6. The predicted molar refractivity (Wildman–Crippen MR) is 243 cm³/mol. The molecule has 19 heteroatoms. The first kappa shape index (κ1) is 45.3. The van der Waals surface area contributed by atoms with Crippen LogP contribution >= 0.6 is 0 Å². The number of benzene rings is 2. The molecule has 342 valence electrons. The summed E-state index contributed by atoms with van der Waals surface area (Å²) < 4.78 is 58.8. The highest BCUT2D eigenvalue weighted by Crippen LogP contribution is 2.32. The lowest BCUT2D eigenvalue weighted by Gasteiger charge is -2.36. The molecule has 3 amide bonds. The van der Waals surface area contributed by atoms with Gasteiger partial charge >= 0.3 is 10.2 Å². The Morgan fingerprint density at radius 1 is 0.908 bits per heavy atom. The number of hydrogen-bond acceptors (Lipinski definition) is 11. The molecule has 0 aliphatic carbocycles. The first-order valence-corrected chi connectivity index (χ1v) is 23.4. The SMILES string of the molecule is CCN(C)S(=O)(=O)Nc1ccc(F)c(C(=O)c2c[nH]c3ncc(-c4ccc(N5CCN(C(=O)CCCN6CCC(c7ccc(NC8CCC(=O)NC8=O)cc7)CC6)CC5)nc4)cc23)c1F. The monoisotopic (exact) mass is 910 g/mol. The van der Waals surface area contributed by atoms with E-state index in [2.05, 4.69) is 52.2 Å². The second-order valence-corrected chi connectivity index (χ2v) is 18.5. The number of halogens is 2. The number of H-pyrrole nitrogens is 1. The molecule has 3 aromatic heterocycles. The van der Waals surface area contributed by atoms with Crippen molar-refractivity contribution in [3.63, 3.8) is 0 Å². The van der Waals surface area contributed by atoms with E-state index in [9.17, 15) is 27.6 Å². The van der Waals surface area contributed by atoms with E-state index in [4.69, 9.17) is 0 Å². The minimum atomic E-state index is -4.14. The number of fused-ring (bicyclic) bond motifs is 1. The van der Waals surface area contributed by atoms with Gasteiger partial charge in [-0.3, -0.25) is 29.2 Å². The van der Waals surface area contributed by atoms with Gasteiger partial charge in [0.25, 0.3) is 0 Å². The summed E-state index contributed by atoms with van der Waals surface area (Å²) in [6.07, 6.45) is 8.81. The van der Waals surface area contributed by atoms with E-state index in [1.165, 1.54) is 18.8 Å². The van der Waals surface area contributed by atoms with Crippen LogP contribution in [-0.2, 0) is 24.6 Å². The molecule has 8 rings (SSSR count). The Morgan fingerprint density at radius 3 is 2.34 bits per heavy atom. The molecule has 2 aromatic carbocycles. The van der Waals surface area contributed by atoms with Crippen LogP contribution in [0.2, 0.25) is 0 Å².